The van der Waals surface area contributed by atoms with Crippen LogP contribution >= 0.6 is 0 Å². The molecule has 0 aromatic heterocycles. The van der Waals surface area contributed by atoms with Crippen LogP contribution < -0.4 is 5.32 Å². The fourth-order valence-electron chi connectivity index (χ4n) is 3.06. The first-order chi connectivity index (χ1) is 10.2. The molecule has 0 saturated heterocycles. The summed E-state index contributed by atoms with van der Waals surface area (Å²) in [6.45, 7) is 2.86. The van der Waals surface area contributed by atoms with Crippen LogP contribution in [0.25, 0.3) is 0 Å². The Balaban J connectivity index is 1.66. The molecule has 0 aliphatic heterocycles. The maximum absolute atomic E-state index is 13.2. The first-order valence-corrected chi connectivity index (χ1v) is 7.82. The number of hydrogen-bond donors (Lipinski definition) is 1. The van der Waals surface area contributed by atoms with Crippen LogP contribution in [0.15, 0.2) is 42.5 Å². The maximum atomic E-state index is 13.2. The van der Waals surface area contributed by atoms with Gasteiger partial charge in [-0.2, -0.15) is 0 Å². The normalized spacial score (nSPS) is 15.5. The predicted octanol–water partition coefficient (Wildman–Crippen LogP) is 4.56. The van der Waals surface area contributed by atoms with Crippen molar-refractivity contribution in [1.29, 1.82) is 0 Å². The molecule has 1 aliphatic carbocycles. The van der Waals surface area contributed by atoms with Gasteiger partial charge in [0.2, 0.25) is 0 Å². The summed E-state index contributed by atoms with van der Waals surface area (Å²) in [6, 6.07) is 13.9. The predicted molar refractivity (Wildman–Crippen MR) is 84.7 cm³/mol. The van der Waals surface area contributed by atoms with Gasteiger partial charge in [-0.25, -0.2) is 4.39 Å². The van der Waals surface area contributed by atoms with Gasteiger partial charge in [0, 0.05) is 12.6 Å². The summed E-state index contributed by atoms with van der Waals surface area (Å²) in [5.74, 6) is -0.171. The van der Waals surface area contributed by atoms with Gasteiger partial charge in [-0.05, 0) is 67.0 Å². The topological polar surface area (TPSA) is 12.0 Å². The Labute approximate surface area is 126 Å². The van der Waals surface area contributed by atoms with Crippen molar-refractivity contribution in [2.24, 2.45) is 0 Å². The highest BCUT2D eigenvalue weighted by atomic mass is 19.1. The summed E-state index contributed by atoms with van der Waals surface area (Å²) in [4.78, 5) is 0. The number of fused-ring (bicyclic) bond motifs is 1. The van der Waals surface area contributed by atoms with Crippen LogP contribution in [0.4, 0.5) is 4.39 Å². The zero-order chi connectivity index (χ0) is 14.7. The summed E-state index contributed by atoms with van der Waals surface area (Å²) in [5, 5.41) is 3.48. The lowest BCUT2D eigenvalue weighted by Gasteiger charge is -2.20. The van der Waals surface area contributed by atoms with Crippen LogP contribution in [0, 0.1) is 5.82 Å². The number of aryl methyl sites for hydroxylation is 2. The molecular formula is C19H22FN. The van der Waals surface area contributed by atoms with Crippen molar-refractivity contribution >= 4 is 0 Å². The lowest BCUT2D eigenvalue weighted by atomic mass is 9.89. The first-order valence-electron chi connectivity index (χ1n) is 7.82. The van der Waals surface area contributed by atoms with Crippen molar-refractivity contribution in [1.82, 2.24) is 5.32 Å². The lowest BCUT2D eigenvalue weighted by Crippen LogP contribution is -2.18. The molecule has 3 rings (SSSR count). The minimum absolute atomic E-state index is 0.171. The van der Waals surface area contributed by atoms with Crippen molar-refractivity contribution < 1.29 is 4.39 Å². The lowest BCUT2D eigenvalue weighted by molar-refractivity contribution is 0.567. The summed E-state index contributed by atoms with van der Waals surface area (Å²) in [7, 11) is 0. The molecule has 1 nitrogen and oxygen atoms in total. The molecule has 0 spiro atoms. The fraction of sp³-hybridized carbons (Fsp3) is 0.368. The Morgan fingerprint density at radius 3 is 2.67 bits per heavy atom. The van der Waals surface area contributed by atoms with E-state index in [0.29, 0.717) is 6.54 Å². The van der Waals surface area contributed by atoms with E-state index in [0.717, 1.165) is 5.56 Å². The van der Waals surface area contributed by atoms with Crippen LogP contribution in [0.3, 0.4) is 0 Å². The third kappa shape index (κ3) is 3.51. The molecule has 2 aromatic rings. The van der Waals surface area contributed by atoms with E-state index < -0.39 is 0 Å². The number of rotatable bonds is 4. The Morgan fingerprint density at radius 2 is 1.86 bits per heavy atom. The second kappa shape index (κ2) is 6.40. The minimum Gasteiger partial charge on any atom is -0.306 e. The fourth-order valence-corrected chi connectivity index (χ4v) is 3.06. The first kappa shape index (κ1) is 14.3. The molecule has 0 fully saturated rings. The number of benzene rings is 2. The second-order valence-corrected chi connectivity index (χ2v) is 5.97. The van der Waals surface area contributed by atoms with Crippen LogP contribution in [0.5, 0.6) is 0 Å². The third-order valence-electron chi connectivity index (χ3n) is 4.37. The highest BCUT2D eigenvalue weighted by Crippen LogP contribution is 2.24. The minimum atomic E-state index is -0.171. The van der Waals surface area contributed by atoms with Crippen molar-refractivity contribution in [3.63, 3.8) is 0 Å². The van der Waals surface area contributed by atoms with E-state index in [1.807, 2.05) is 6.07 Å². The van der Waals surface area contributed by atoms with Gasteiger partial charge in [0.25, 0.3) is 0 Å². The van der Waals surface area contributed by atoms with Gasteiger partial charge in [-0.15, -0.1) is 0 Å². The van der Waals surface area contributed by atoms with Crippen LogP contribution in [0.2, 0.25) is 0 Å². The van der Waals surface area contributed by atoms with Gasteiger partial charge in [0.05, 0.1) is 0 Å². The molecule has 1 aliphatic rings. The largest absolute Gasteiger partial charge is 0.306 e. The summed E-state index contributed by atoms with van der Waals surface area (Å²) < 4.78 is 13.2. The van der Waals surface area contributed by atoms with Gasteiger partial charge in [-0.3, -0.25) is 0 Å². The molecule has 0 radical (unpaired) electrons. The van der Waals surface area contributed by atoms with E-state index in [-0.39, 0.29) is 11.9 Å². The van der Waals surface area contributed by atoms with Crippen molar-refractivity contribution in [3.05, 3.63) is 70.5 Å². The third-order valence-corrected chi connectivity index (χ3v) is 4.37. The monoisotopic (exact) mass is 283 g/mol. The highest BCUT2D eigenvalue weighted by Gasteiger charge is 2.12. The standard InChI is InChI=1S/C19H22FN/c1-14(21-13-15-5-4-8-19(20)11-15)17-10-9-16-6-2-3-7-18(16)12-17/h4-5,8-12,14,21H,2-3,6-7,13H2,1H3. The SMILES string of the molecule is CC(NCc1cccc(F)c1)c1ccc2c(c1)CCCC2. The average Bonchev–Trinajstić information content (AvgIpc) is 2.52. The molecule has 0 heterocycles. The second-order valence-electron chi connectivity index (χ2n) is 5.97. The Morgan fingerprint density at radius 1 is 1.05 bits per heavy atom. The molecule has 0 amide bonds. The van der Waals surface area contributed by atoms with E-state index in [1.54, 1.807) is 12.1 Å². The molecule has 1 N–H and O–H groups in total. The molecule has 2 heteroatoms. The molecule has 110 valence electrons. The number of nitrogens with one attached hydrogen (secondary N) is 1. The van der Waals surface area contributed by atoms with Gasteiger partial charge >= 0.3 is 0 Å². The van der Waals surface area contributed by atoms with Crippen LogP contribution in [0.1, 0.15) is 48.1 Å². The molecule has 2 aromatic carbocycles. The van der Waals surface area contributed by atoms with E-state index in [1.165, 1.54) is 48.4 Å². The maximum Gasteiger partial charge on any atom is 0.123 e. The molecule has 0 saturated carbocycles. The summed E-state index contributed by atoms with van der Waals surface area (Å²) in [5.41, 5.74) is 5.34. The highest BCUT2D eigenvalue weighted by molar-refractivity contribution is 5.35. The summed E-state index contributed by atoms with van der Waals surface area (Å²) >= 11 is 0. The van der Waals surface area contributed by atoms with E-state index in [4.69, 9.17) is 0 Å². The molecular weight excluding hydrogens is 261 g/mol. The Bertz CT molecular complexity index is 621. The van der Waals surface area contributed by atoms with E-state index in [9.17, 15) is 4.39 Å². The van der Waals surface area contributed by atoms with Gasteiger partial charge in [-0.1, -0.05) is 30.3 Å². The van der Waals surface area contributed by atoms with Gasteiger partial charge in [0.1, 0.15) is 5.82 Å². The van der Waals surface area contributed by atoms with Crippen molar-refractivity contribution in [3.8, 4) is 0 Å². The van der Waals surface area contributed by atoms with E-state index >= 15 is 0 Å². The Kier molecular flexibility index (Phi) is 4.35. The molecule has 0 bridgehead atoms. The zero-order valence-electron chi connectivity index (χ0n) is 12.5. The van der Waals surface area contributed by atoms with Crippen LogP contribution in [-0.4, -0.2) is 0 Å². The quantitative estimate of drug-likeness (QED) is 0.867. The van der Waals surface area contributed by atoms with Crippen molar-refractivity contribution in [2.75, 3.05) is 0 Å². The van der Waals surface area contributed by atoms with Gasteiger partial charge in [0.15, 0.2) is 0 Å². The molecule has 1 atom stereocenters. The zero-order valence-corrected chi connectivity index (χ0v) is 12.5. The number of hydrogen-bond acceptors (Lipinski definition) is 1. The number of halogens is 1. The van der Waals surface area contributed by atoms with Gasteiger partial charge < -0.3 is 5.32 Å². The molecule has 21 heavy (non-hydrogen) atoms. The summed E-state index contributed by atoms with van der Waals surface area (Å²) in [6.07, 6.45) is 5.06. The Hall–Kier alpha value is -1.67. The van der Waals surface area contributed by atoms with Crippen molar-refractivity contribution in [2.45, 2.75) is 45.2 Å². The van der Waals surface area contributed by atoms with Crippen LogP contribution in [-0.2, 0) is 19.4 Å². The smallest absolute Gasteiger partial charge is 0.123 e. The molecule has 1 unspecified atom stereocenters. The van der Waals surface area contributed by atoms with E-state index in [2.05, 4.69) is 30.4 Å². The average molecular weight is 283 g/mol.